The number of benzene rings is 3. The van der Waals surface area contributed by atoms with Crippen LogP contribution in [0.15, 0.2) is 72.8 Å². The highest BCUT2D eigenvalue weighted by Gasteiger charge is 2.07. The van der Waals surface area contributed by atoms with Crippen LogP contribution < -0.4 is 10.6 Å². The van der Waals surface area contributed by atoms with E-state index < -0.39 is 4.92 Å². The molecule has 0 radical (unpaired) electrons. The molecular weight excluding hydrogens is 373 g/mol. The minimum atomic E-state index is -0.428. The summed E-state index contributed by atoms with van der Waals surface area (Å²) in [4.78, 5) is 22.3. The van der Waals surface area contributed by atoms with Crippen molar-refractivity contribution in [3.63, 3.8) is 0 Å². The minimum Gasteiger partial charge on any atom is -0.381 e. The maximum absolute atomic E-state index is 13.6. The van der Waals surface area contributed by atoms with Gasteiger partial charge in [0.25, 0.3) is 5.69 Å². The van der Waals surface area contributed by atoms with Crippen molar-refractivity contribution in [3.8, 4) is 0 Å². The standard InChI is InChI=1S/C22H20FN3O3/c23-21-4-2-1-3-18(21)15-25-22(27)13-16-5-9-19(10-6-16)24-14-17-7-11-20(12-8-17)26(28)29/h1-12,24H,13-15H2,(H,25,27). The lowest BCUT2D eigenvalue weighted by atomic mass is 10.1. The number of carbonyl (C=O) groups excluding carboxylic acids is 1. The van der Waals surface area contributed by atoms with E-state index in [1.54, 1.807) is 30.3 Å². The van der Waals surface area contributed by atoms with Gasteiger partial charge in [0.2, 0.25) is 5.91 Å². The molecular formula is C22H20FN3O3. The van der Waals surface area contributed by atoms with E-state index >= 15 is 0 Å². The Bertz CT molecular complexity index is 989. The van der Waals surface area contributed by atoms with Crippen molar-refractivity contribution < 1.29 is 14.1 Å². The Labute approximate surface area is 167 Å². The monoisotopic (exact) mass is 393 g/mol. The fraction of sp³-hybridized carbons (Fsp3) is 0.136. The van der Waals surface area contributed by atoms with E-state index in [4.69, 9.17) is 0 Å². The van der Waals surface area contributed by atoms with E-state index in [0.717, 1.165) is 16.8 Å². The Kier molecular flexibility index (Phi) is 6.52. The predicted molar refractivity (Wildman–Crippen MR) is 109 cm³/mol. The number of anilines is 1. The van der Waals surface area contributed by atoms with Gasteiger partial charge in [0.15, 0.2) is 0 Å². The molecule has 0 fully saturated rings. The molecule has 148 valence electrons. The van der Waals surface area contributed by atoms with E-state index in [1.165, 1.54) is 18.2 Å². The molecule has 0 aliphatic heterocycles. The summed E-state index contributed by atoms with van der Waals surface area (Å²) in [6.45, 7) is 0.681. The van der Waals surface area contributed by atoms with Crippen LogP contribution in [-0.2, 0) is 24.3 Å². The summed E-state index contributed by atoms with van der Waals surface area (Å²) >= 11 is 0. The Morgan fingerprint density at radius 2 is 1.55 bits per heavy atom. The minimum absolute atomic E-state index is 0.0615. The molecule has 0 unspecified atom stereocenters. The summed E-state index contributed by atoms with van der Waals surface area (Å²) in [5.41, 5.74) is 3.15. The van der Waals surface area contributed by atoms with Crippen LogP contribution in [0.1, 0.15) is 16.7 Å². The summed E-state index contributed by atoms with van der Waals surface area (Å²) in [5.74, 6) is -0.518. The number of amides is 1. The van der Waals surface area contributed by atoms with Crippen LogP contribution in [0.3, 0.4) is 0 Å². The van der Waals surface area contributed by atoms with Gasteiger partial charge in [0, 0.05) is 36.5 Å². The van der Waals surface area contributed by atoms with Gasteiger partial charge in [-0.1, -0.05) is 42.5 Å². The van der Waals surface area contributed by atoms with Gasteiger partial charge in [-0.05, 0) is 29.3 Å². The fourth-order valence-corrected chi connectivity index (χ4v) is 2.76. The van der Waals surface area contributed by atoms with Crippen LogP contribution in [0.2, 0.25) is 0 Å². The lowest BCUT2D eigenvalue weighted by molar-refractivity contribution is -0.384. The van der Waals surface area contributed by atoms with Crippen molar-refractivity contribution in [1.82, 2.24) is 5.32 Å². The Hall–Kier alpha value is -3.74. The number of halogens is 1. The molecule has 2 N–H and O–H groups in total. The average molecular weight is 393 g/mol. The molecule has 6 nitrogen and oxygen atoms in total. The van der Waals surface area contributed by atoms with Gasteiger partial charge in [-0.15, -0.1) is 0 Å². The molecule has 3 aromatic rings. The SMILES string of the molecule is O=C(Cc1ccc(NCc2ccc([N+](=O)[O-])cc2)cc1)NCc1ccccc1F. The van der Waals surface area contributed by atoms with Crippen LogP contribution in [0.5, 0.6) is 0 Å². The number of nitro groups is 1. The van der Waals surface area contributed by atoms with E-state index in [9.17, 15) is 19.3 Å². The molecule has 0 saturated carbocycles. The maximum atomic E-state index is 13.6. The quantitative estimate of drug-likeness (QED) is 0.444. The van der Waals surface area contributed by atoms with Gasteiger partial charge in [-0.3, -0.25) is 14.9 Å². The van der Waals surface area contributed by atoms with Crippen LogP contribution in [0.25, 0.3) is 0 Å². The second-order valence-corrected chi connectivity index (χ2v) is 6.52. The van der Waals surface area contributed by atoms with Gasteiger partial charge >= 0.3 is 0 Å². The first-order valence-corrected chi connectivity index (χ1v) is 9.07. The molecule has 0 aliphatic carbocycles. The summed E-state index contributed by atoms with van der Waals surface area (Å²) < 4.78 is 13.6. The Morgan fingerprint density at radius 3 is 2.21 bits per heavy atom. The van der Waals surface area contributed by atoms with E-state index in [1.807, 2.05) is 24.3 Å². The van der Waals surface area contributed by atoms with Crippen LogP contribution in [0, 0.1) is 15.9 Å². The lowest BCUT2D eigenvalue weighted by Gasteiger charge is -2.09. The molecule has 0 aromatic heterocycles. The Balaban J connectivity index is 1.47. The third-order valence-corrected chi connectivity index (χ3v) is 4.40. The molecule has 3 aromatic carbocycles. The van der Waals surface area contributed by atoms with Crippen LogP contribution in [0.4, 0.5) is 15.8 Å². The van der Waals surface area contributed by atoms with Crippen molar-refractivity contribution in [2.75, 3.05) is 5.32 Å². The van der Waals surface area contributed by atoms with Gasteiger partial charge in [0.1, 0.15) is 5.82 Å². The highest BCUT2D eigenvalue weighted by Crippen LogP contribution is 2.15. The number of non-ortho nitro benzene ring substituents is 1. The van der Waals surface area contributed by atoms with Crippen LogP contribution >= 0.6 is 0 Å². The number of rotatable bonds is 8. The van der Waals surface area contributed by atoms with Crippen molar-refractivity contribution in [2.45, 2.75) is 19.5 Å². The zero-order valence-electron chi connectivity index (χ0n) is 15.6. The predicted octanol–water partition coefficient (Wildman–Crippen LogP) is 4.20. The highest BCUT2D eigenvalue weighted by molar-refractivity contribution is 5.78. The maximum Gasteiger partial charge on any atom is 0.269 e. The van der Waals surface area contributed by atoms with Crippen molar-refractivity contribution in [3.05, 3.63) is 105 Å². The number of nitrogens with zero attached hydrogens (tertiary/aromatic N) is 1. The second kappa shape index (κ2) is 9.45. The van der Waals surface area contributed by atoms with E-state index in [2.05, 4.69) is 10.6 Å². The number of hydrogen-bond donors (Lipinski definition) is 2. The molecule has 1 amide bonds. The topological polar surface area (TPSA) is 84.3 Å². The first-order valence-electron chi connectivity index (χ1n) is 9.07. The smallest absolute Gasteiger partial charge is 0.269 e. The number of carbonyl (C=O) groups is 1. The third-order valence-electron chi connectivity index (χ3n) is 4.40. The summed E-state index contributed by atoms with van der Waals surface area (Å²) in [7, 11) is 0. The summed E-state index contributed by atoms with van der Waals surface area (Å²) in [5, 5.41) is 16.6. The van der Waals surface area contributed by atoms with Crippen molar-refractivity contribution >= 4 is 17.3 Å². The number of nitro benzene ring substituents is 1. The zero-order chi connectivity index (χ0) is 20.6. The normalized spacial score (nSPS) is 10.4. The average Bonchev–Trinajstić information content (AvgIpc) is 2.73. The molecule has 7 heteroatoms. The molecule has 3 rings (SSSR count). The molecule has 0 heterocycles. The summed E-state index contributed by atoms with van der Waals surface area (Å²) in [6, 6.07) is 20.1. The van der Waals surface area contributed by atoms with Crippen molar-refractivity contribution in [2.24, 2.45) is 0 Å². The van der Waals surface area contributed by atoms with E-state index in [-0.39, 0.29) is 30.4 Å². The number of nitrogens with one attached hydrogen (secondary N) is 2. The van der Waals surface area contributed by atoms with Gasteiger partial charge < -0.3 is 10.6 Å². The first kappa shape index (κ1) is 20.0. The zero-order valence-corrected chi connectivity index (χ0v) is 15.6. The number of hydrogen-bond acceptors (Lipinski definition) is 4. The van der Waals surface area contributed by atoms with Gasteiger partial charge in [-0.25, -0.2) is 4.39 Å². The highest BCUT2D eigenvalue weighted by atomic mass is 19.1. The fourth-order valence-electron chi connectivity index (χ4n) is 2.76. The van der Waals surface area contributed by atoms with Crippen LogP contribution in [-0.4, -0.2) is 10.8 Å². The lowest BCUT2D eigenvalue weighted by Crippen LogP contribution is -2.25. The molecule has 0 aliphatic rings. The molecule has 0 atom stereocenters. The largest absolute Gasteiger partial charge is 0.381 e. The molecule has 0 spiro atoms. The van der Waals surface area contributed by atoms with Gasteiger partial charge in [0.05, 0.1) is 11.3 Å². The molecule has 0 saturated heterocycles. The van der Waals surface area contributed by atoms with E-state index in [0.29, 0.717) is 12.1 Å². The molecule has 0 bridgehead atoms. The Morgan fingerprint density at radius 1 is 0.897 bits per heavy atom. The van der Waals surface area contributed by atoms with Crippen molar-refractivity contribution in [1.29, 1.82) is 0 Å². The van der Waals surface area contributed by atoms with Gasteiger partial charge in [-0.2, -0.15) is 0 Å². The first-order chi connectivity index (χ1) is 14.0. The second-order valence-electron chi connectivity index (χ2n) is 6.52. The third kappa shape index (κ3) is 5.87. The molecule has 29 heavy (non-hydrogen) atoms. The summed E-state index contributed by atoms with van der Waals surface area (Å²) in [6.07, 6.45) is 0.205.